The highest BCUT2D eigenvalue weighted by molar-refractivity contribution is 9.10. The van der Waals surface area contributed by atoms with Crippen LogP contribution >= 0.6 is 38.9 Å². The van der Waals surface area contributed by atoms with E-state index in [0.717, 1.165) is 21.9 Å². The molecule has 19 heavy (non-hydrogen) atoms. The Morgan fingerprint density at radius 2 is 2.05 bits per heavy atom. The second-order valence-corrected chi connectivity index (χ2v) is 7.18. The molecule has 0 radical (unpaired) electrons. The van der Waals surface area contributed by atoms with Crippen molar-refractivity contribution in [3.63, 3.8) is 0 Å². The number of benzene rings is 1. The van der Waals surface area contributed by atoms with Crippen molar-refractivity contribution in [3.8, 4) is 0 Å². The number of thiophene rings is 1. The van der Waals surface area contributed by atoms with Crippen molar-refractivity contribution in [3.05, 3.63) is 49.6 Å². The lowest BCUT2D eigenvalue weighted by molar-refractivity contribution is 0.403. The molecular formula is C14H16BrClN2S. The van der Waals surface area contributed by atoms with E-state index >= 15 is 0 Å². The van der Waals surface area contributed by atoms with Gasteiger partial charge in [0.2, 0.25) is 0 Å². The first-order chi connectivity index (χ1) is 9.06. The van der Waals surface area contributed by atoms with Crippen molar-refractivity contribution in [1.29, 1.82) is 0 Å². The Labute approximate surface area is 131 Å². The zero-order valence-electron chi connectivity index (χ0n) is 10.9. The van der Waals surface area contributed by atoms with Crippen LogP contribution in [0.1, 0.15) is 10.4 Å². The van der Waals surface area contributed by atoms with Crippen LogP contribution < -0.4 is 5.32 Å². The van der Waals surface area contributed by atoms with Gasteiger partial charge in [0.1, 0.15) is 4.34 Å². The Balaban J connectivity index is 2.06. The van der Waals surface area contributed by atoms with E-state index < -0.39 is 0 Å². The van der Waals surface area contributed by atoms with Gasteiger partial charge in [0.15, 0.2) is 0 Å². The average Bonchev–Trinajstić information content (AvgIpc) is 2.67. The molecule has 0 amide bonds. The van der Waals surface area contributed by atoms with Gasteiger partial charge in [0.25, 0.3) is 0 Å². The molecule has 2 aromatic rings. The molecule has 0 spiro atoms. The molecular weight excluding hydrogens is 344 g/mol. The Morgan fingerprint density at radius 3 is 2.68 bits per heavy atom. The first-order valence-electron chi connectivity index (χ1n) is 5.96. The molecule has 0 aliphatic heterocycles. The van der Waals surface area contributed by atoms with Crippen molar-refractivity contribution in [2.24, 2.45) is 0 Å². The third kappa shape index (κ3) is 4.21. The maximum absolute atomic E-state index is 6.05. The van der Waals surface area contributed by atoms with Gasteiger partial charge in [-0.15, -0.1) is 11.3 Å². The zero-order valence-corrected chi connectivity index (χ0v) is 14.1. The minimum absolute atomic E-state index is 0.792. The average molecular weight is 360 g/mol. The van der Waals surface area contributed by atoms with Crippen LogP contribution in [0.25, 0.3) is 0 Å². The molecule has 0 bridgehead atoms. The zero-order chi connectivity index (χ0) is 13.8. The lowest BCUT2D eigenvalue weighted by Gasteiger charge is -2.15. The second-order valence-electron chi connectivity index (χ2n) is 4.58. The molecule has 1 aromatic heterocycles. The van der Waals surface area contributed by atoms with E-state index in [2.05, 4.69) is 70.6 Å². The van der Waals surface area contributed by atoms with Gasteiger partial charge < -0.3 is 10.2 Å². The quantitative estimate of drug-likeness (QED) is 0.822. The normalized spacial score (nSPS) is 11.0. The van der Waals surface area contributed by atoms with Gasteiger partial charge in [-0.2, -0.15) is 0 Å². The maximum atomic E-state index is 6.05. The fraction of sp³-hybridized carbons (Fsp3) is 0.286. The van der Waals surface area contributed by atoms with E-state index in [4.69, 9.17) is 11.6 Å². The van der Waals surface area contributed by atoms with Crippen LogP contribution in [0.2, 0.25) is 4.34 Å². The number of hydrogen-bond acceptors (Lipinski definition) is 3. The highest BCUT2D eigenvalue weighted by Gasteiger charge is 2.06. The molecule has 1 aromatic carbocycles. The molecule has 0 saturated heterocycles. The van der Waals surface area contributed by atoms with Gasteiger partial charge in [-0.1, -0.05) is 29.8 Å². The van der Waals surface area contributed by atoms with Crippen LogP contribution in [-0.4, -0.2) is 19.0 Å². The van der Waals surface area contributed by atoms with Gasteiger partial charge in [0.05, 0.1) is 0 Å². The summed E-state index contributed by atoms with van der Waals surface area (Å²) >= 11 is 11.1. The summed E-state index contributed by atoms with van der Waals surface area (Å²) in [7, 11) is 4.15. The summed E-state index contributed by atoms with van der Waals surface area (Å²) in [5.74, 6) is 0. The smallest absolute Gasteiger partial charge is 0.107 e. The predicted octanol–water partition coefficient (Wildman–Crippen LogP) is 4.84. The number of anilines is 1. The van der Waals surface area contributed by atoms with E-state index in [1.54, 1.807) is 11.3 Å². The first kappa shape index (κ1) is 14.9. The first-order valence-corrected chi connectivity index (χ1v) is 7.95. The van der Waals surface area contributed by atoms with Gasteiger partial charge in [-0.3, -0.25) is 0 Å². The number of halogens is 2. The Hall–Kier alpha value is -0.550. The molecule has 0 fully saturated rings. The SMILES string of the molecule is CN(C)Cc1ccccc1NCc1cc(Br)c(Cl)s1. The molecule has 5 heteroatoms. The van der Waals surface area contributed by atoms with E-state index in [9.17, 15) is 0 Å². The molecule has 2 nitrogen and oxygen atoms in total. The molecule has 2 rings (SSSR count). The summed E-state index contributed by atoms with van der Waals surface area (Å²) in [5.41, 5.74) is 2.48. The van der Waals surface area contributed by atoms with Crippen molar-refractivity contribution >= 4 is 44.6 Å². The highest BCUT2D eigenvalue weighted by Crippen LogP contribution is 2.32. The molecule has 0 aliphatic carbocycles. The van der Waals surface area contributed by atoms with E-state index in [0.29, 0.717) is 0 Å². The van der Waals surface area contributed by atoms with E-state index in [1.807, 2.05) is 0 Å². The number of nitrogens with zero attached hydrogens (tertiary/aromatic N) is 1. The predicted molar refractivity (Wildman–Crippen MR) is 88.2 cm³/mol. The molecule has 0 saturated carbocycles. The van der Waals surface area contributed by atoms with Crippen LogP contribution in [0.4, 0.5) is 5.69 Å². The summed E-state index contributed by atoms with van der Waals surface area (Å²) in [5, 5.41) is 3.48. The Bertz CT molecular complexity index is 535. The van der Waals surface area contributed by atoms with Gasteiger partial charge >= 0.3 is 0 Å². The van der Waals surface area contributed by atoms with Crippen LogP contribution in [-0.2, 0) is 13.1 Å². The summed E-state index contributed by atoms with van der Waals surface area (Å²) in [4.78, 5) is 3.38. The van der Waals surface area contributed by atoms with E-state index in [-0.39, 0.29) is 0 Å². The minimum Gasteiger partial charge on any atom is -0.380 e. The lowest BCUT2D eigenvalue weighted by Crippen LogP contribution is -2.12. The monoisotopic (exact) mass is 358 g/mol. The topological polar surface area (TPSA) is 15.3 Å². The van der Waals surface area contributed by atoms with Crippen molar-refractivity contribution < 1.29 is 0 Å². The van der Waals surface area contributed by atoms with Gasteiger partial charge in [-0.25, -0.2) is 0 Å². The number of para-hydroxylation sites is 1. The van der Waals surface area contributed by atoms with Crippen molar-refractivity contribution in [1.82, 2.24) is 4.90 Å². The fourth-order valence-corrected chi connectivity index (χ4v) is 3.56. The van der Waals surface area contributed by atoms with Crippen molar-refractivity contribution in [2.45, 2.75) is 13.1 Å². The lowest BCUT2D eigenvalue weighted by atomic mass is 10.1. The van der Waals surface area contributed by atoms with Crippen LogP contribution in [0, 0.1) is 0 Å². The Morgan fingerprint density at radius 1 is 1.32 bits per heavy atom. The number of hydrogen-bond donors (Lipinski definition) is 1. The van der Waals surface area contributed by atoms with Gasteiger partial charge in [-0.05, 0) is 47.7 Å². The van der Waals surface area contributed by atoms with Crippen molar-refractivity contribution in [2.75, 3.05) is 19.4 Å². The maximum Gasteiger partial charge on any atom is 0.107 e. The molecule has 0 unspecified atom stereocenters. The molecule has 0 atom stereocenters. The number of rotatable bonds is 5. The molecule has 0 aliphatic rings. The highest BCUT2D eigenvalue weighted by atomic mass is 79.9. The molecule has 1 N–H and O–H groups in total. The summed E-state index contributed by atoms with van der Waals surface area (Å²) in [6.07, 6.45) is 0. The molecule has 102 valence electrons. The largest absolute Gasteiger partial charge is 0.380 e. The molecule has 1 heterocycles. The van der Waals surface area contributed by atoms with Crippen LogP contribution in [0.15, 0.2) is 34.8 Å². The Kier molecular flexibility index (Phi) is 5.28. The summed E-state index contributed by atoms with van der Waals surface area (Å²) < 4.78 is 1.77. The van der Waals surface area contributed by atoms with Crippen LogP contribution in [0.3, 0.4) is 0 Å². The van der Waals surface area contributed by atoms with Crippen LogP contribution in [0.5, 0.6) is 0 Å². The summed E-state index contributed by atoms with van der Waals surface area (Å²) in [6, 6.07) is 10.5. The summed E-state index contributed by atoms with van der Waals surface area (Å²) in [6.45, 7) is 1.72. The van der Waals surface area contributed by atoms with E-state index in [1.165, 1.54) is 16.1 Å². The second kappa shape index (κ2) is 6.75. The minimum atomic E-state index is 0.792. The third-order valence-corrected chi connectivity index (χ3v) is 5.13. The number of nitrogens with one attached hydrogen (secondary N) is 1. The van der Waals surface area contributed by atoms with Gasteiger partial charge in [0, 0.05) is 28.1 Å². The standard InChI is InChI=1S/C14H16BrClN2S/c1-18(2)9-10-5-3-4-6-13(10)17-8-11-7-12(15)14(16)19-11/h3-7,17H,8-9H2,1-2H3. The third-order valence-electron chi connectivity index (χ3n) is 2.65. The fourth-order valence-electron chi connectivity index (χ4n) is 1.83.